The lowest BCUT2D eigenvalue weighted by Gasteiger charge is -2.26. The molecule has 0 N–H and O–H groups in total. The second-order valence-electron chi connectivity index (χ2n) is 8.68. The standard InChI is InChI=1S/C29H30N2O5S/c1-6-16-35-21-14-12-20(13-15-21)17-24-27(32)31-26(22-10-8-9-11-23(22)36-18(3)4)25(28(33)34-7-2)19(5)30-29(31)37-24/h6,8-15,17-18,26H,1,7,16H2,2-5H3/b24-17+/t26-/m0/s1. The zero-order chi connectivity index (χ0) is 26.5. The van der Waals surface area contributed by atoms with E-state index in [0.717, 1.165) is 11.3 Å². The molecule has 1 aliphatic rings. The number of aromatic nitrogens is 1. The molecule has 1 aliphatic heterocycles. The van der Waals surface area contributed by atoms with Crippen molar-refractivity contribution in [2.24, 2.45) is 4.99 Å². The monoisotopic (exact) mass is 518 g/mol. The fourth-order valence-corrected chi connectivity index (χ4v) is 5.17. The number of hydrogen-bond acceptors (Lipinski definition) is 7. The molecule has 8 heteroatoms. The van der Waals surface area contributed by atoms with Crippen LogP contribution in [0.4, 0.5) is 0 Å². The number of thiazole rings is 1. The summed E-state index contributed by atoms with van der Waals surface area (Å²) in [6, 6.07) is 14.2. The molecule has 4 rings (SSSR count). The summed E-state index contributed by atoms with van der Waals surface area (Å²) >= 11 is 1.28. The Hall–Kier alpha value is -3.91. The van der Waals surface area contributed by atoms with Crippen LogP contribution in [0.2, 0.25) is 0 Å². The van der Waals surface area contributed by atoms with Gasteiger partial charge in [0.05, 0.1) is 28.5 Å². The van der Waals surface area contributed by atoms with Crippen molar-refractivity contribution < 1.29 is 19.0 Å². The Morgan fingerprint density at radius 1 is 1.19 bits per heavy atom. The minimum absolute atomic E-state index is 0.0912. The van der Waals surface area contributed by atoms with Crippen LogP contribution >= 0.6 is 11.3 Å². The molecule has 0 bridgehead atoms. The number of ether oxygens (including phenoxy) is 3. The lowest BCUT2D eigenvalue weighted by Crippen LogP contribution is -2.40. The maximum absolute atomic E-state index is 13.8. The molecule has 0 unspecified atom stereocenters. The molecule has 0 aliphatic carbocycles. The van der Waals surface area contributed by atoms with Crippen LogP contribution in [0.5, 0.6) is 11.5 Å². The van der Waals surface area contributed by atoms with Gasteiger partial charge < -0.3 is 14.2 Å². The van der Waals surface area contributed by atoms with Crippen LogP contribution in [0.25, 0.3) is 6.08 Å². The van der Waals surface area contributed by atoms with Crippen molar-refractivity contribution in [1.82, 2.24) is 4.57 Å². The van der Waals surface area contributed by atoms with Gasteiger partial charge in [0.1, 0.15) is 24.1 Å². The topological polar surface area (TPSA) is 79.1 Å². The number of fused-ring (bicyclic) bond motifs is 1. The highest BCUT2D eigenvalue weighted by Gasteiger charge is 2.35. The molecule has 0 spiro atoms. The van der Waals surface area contributed by atoms with Crippen LogP contribution in [0.1, 0.15) is 44.9 Å². The van der Waals surface area contributed by atoms with Crippen molar-refractivity contribution in [3.63, 3.8) is 0 Å². The third kappa shape index (κ3) is 5.59. The summed E-state index contributed by atoms with van der Waals surface area (Å²) in [4.78, 5) is 32.1. The van der Waals surface area contributed by atoms with Crippen LogP contribution in [0, 0.1) is 0 Å². The molecule has 2 aromatic carbocycles. The number of carbonyl (C=O) groups excluding carboxylic acids is 1. The van der Waals surface area contributed by atoms with Gasteiger partial charge in [-0.3, -0.25) is 9.36 Å². The van der Waals surface area contributed by atoms with E-state index in [1.807, 2.05) is 68.5 Å². The van der Waals surface area contributed by atoms with Gasteiger partial charge in [-0.15, -0.1) is 0 Å². The zero-order valence-electron chi connectivity index (χ0n) is 21.4. The van der Waals surface area contributed by atoms with Crippen molar-refractivity contribution in [2.75, 3.05) is 13.2 Å². The van der Waals surface area contributed by atoms with E-state index >= 15 is 0 Å². The number of hydrogen-bond donors (Lipinski definition) is 0. The van der Waals surface area contributed by atoms with Crippen molar-refractivity contribution in [3.8, 4) is 11.5 Å². The fourth-order valence-electron chi connectivity index (χ4n) is 4.12. The smallest absolute Gasteiger partial charge is 0.338 e. The summed E-state index contributed by atoms with van der Waals surface area (Å²) < 4.78 is 19.1. The van der Waals surface area contributed by atoms with E-state index in [2.05, 4.69) is 11.6 Å². The van der Waals surface area contributed by atoms with E-state index in [1.165, 1.54) is 11.3 Å². The number of carbonyl (C=O) groups is 1. The third-order valence-electron chi connectivity index (χ3n) is 5.64. The van der Waals surface area contributed by atoms with Crippen molar-refractivity contribution in [3.05, 3.63) is 103 Å². The van der Waals surface area contributed by atoms with E-state index in [1.54, 1.807) is 24.5 Å². The highest BCUT2D eigenvalue weighted by Crippen LogP contribution is 2.36. The summed E-state index contributed by atoms with van der Waals surface area (Å²) in [5.41, 5.74) is 2.14. The summed E-state index contributed by atoms with van der Waals surface area (Å²) in [5.74, 6) is 0.816. The molecule has 1 aromatic heterocycles. The first kappa shape index (κ1) is 26.2. The third-order valence-corrected chi connectivity index (χ3v) is 6.62. The minimum Gasteiger partial charge on any atom is -0.491 e. The normalized spacial score (nSPS) is 15.3. The molecule has 0 saturated heterocycles. The lowest BCUT2D eigenvalue weighted by atomic mass is 9.95. The van der Waals surface area contributed by atoms with Crippen LogP contribution in [-0.2, 0) is 9.53 Å². The molecule has 1 atom stereocenters. The number of para-hydroxylation sites is 1. The molecule has 3 aromatic rings. The predicted octanol–water partition coefficient (Wildman–Crippen LogP) is 4.15. The Bertz CT molecular complexity index is 1510. The van der Waals surface area contributed by atoms with Crippen LogP contribution < -0.4 is 24.4 Å². The van der Waals surface area contributed by atoms with Crippen molar-refractivity contribution in [1.29, 1.82) is 0 Å². The first-order chi connectivity index (χ1) is 17.8. The number of nitrogens with zero attached hydrogens (tertiary/aromatic N) is 2. The minimum atomic E-state index is -0.734. The fraction of sp³-hybridized carbons (Fsp3) is 0.276. The molecule has 0 saturated carbocycles. The van der Waals surface area contributed by atoms with Crippen molar-refractivity contribution in [2.45, 2.75) is 39.8 Å². The highest BCUT2D eigenvalue weighted by atomic mass is 32.1. The van der Waals surface area contributed by atoms with Gasteiger partial charge in [0.2, 0.25) is 0 Å². The SMILES string of the molecule is C=CCOc1ccc(/C=c2/sc3n(c2=O)[C@@H](c2ccccc2OC(C)C)C(C(=O)OCC)=C(C)N=3)cc1. The Balaban J connectivity index is 1.88. The van der Waals surface area contributed by atoms with Gasteiger partial charge in [-0.25, -0.2) is 9.79 Å². The second kappa shape index (κ2) is 11.4. The van der Waals surface area contributed by atoms with E-state index in [0.29, 0.717) is 38.5 Å². The maximum Gasteiger partial charge on any atom is 0.338 e. The molecular formula is C29H30N2O5S. The van der Waals surface area contributed by atoms with Gasteiger partial charge in [-0.1, -0.05) is 54.3 Å². The summed E-state index contributed by atoms with van der Waals surface area (Å²) in [6.45, 7) is 11.7. The summed E-state index contributed by atoms with van der Waals surface area (Å²) in [7, 11) is 0. The largest absolute Gasteiger partial charge is 0.491 e. The van der Waals surface area contributed by atoms with E-state index in [4.69, 9.17) is 14.2 Å². The molecule has 2 heterocycles. The Labute approximate surface area is 219 Å². The first-order valence-corrected chi connectivity index (χ1v) is 12.9. The summed E-state index contributed by atoms with van der Waals surface area (Å²) in [6.07, 6.45) is 3.41. The molecule has 0 amide bonds. The quantitative estimate of drug-likeness (QED) is 0.314. The van der Waals surface area contributed by atoms with Gasteiger partial charge in [0.25, 0.3) is 5.56 Å². The average Bonchev–Trinajstić information content (AvgIpc) is 3.17. The van der Waals surface area contributed by atoms with E-state index in [9.17, 15) is 9.59 Å². The van der Waals surface area contributed by atoms with E-state index < -0.39 is 12.0 Å². The Morgan fingerprint density at radius 3 is 2.59 bits per heavy atom. The van der Waals surface area contributed by atoms with Gasteiger partial charge in [-0.2, -0.15) is 0 Å². The van der Waals surface area contributed by atoms with Crippen molar-refractivity contribution >= 4 is 23.4 Å². The number of rotatable bonds is 9. The van der Waals surface area contributed by atoms with Crippen LogP contribution in [-0.4, -0.2) is 29.9 Å². The van der Waals surface area contributed by atoms with Crippen LogP contribution in [0.3, 0.4) is 0 Å². The summed E-state index contributed by atoms with van der Waals surface area (Å²) in [5, 5.41) is 0. The maximum atomic E-state index is 13.8. The Morgan fingerprint density at radius 2 is 1.92 bits per heavy atom. The van der Waals surface area contributed by atoms with Crippen LogP contribution in [0.15, 0.2) is 82.2 Å². The molecule has 192 valence electrons. The Kier molecular flexibility index (Phi) is 8.08. The average molecular weight is 519 g/mol. The van der Waals surface area contributed by atoms with E-state index in [-0.39, 0.29) is 18.3 Å². The zero-order valence-corrected chi connectivity index (χ0v) is 22.2. The lowest BCUT2D eigenvalue weighted by molar-refractivity contribution is -0.139. The molecule has 0 fully saturated rings. The van der Waals surface area contributed by atoms with Gasteiger partial charge in [0.15, 0.2) is 4.80 Å². The predicted molar refractivity (Wildman–Crippen MR) is 145 cm³/mol. The molecule has 0 radical (unpaired) electrons. The number of esters is 1. The van der Waals surface area contributed by atoms with Gasteiger partial charge in [0, 0.05) is 5.56 Å². The first-order valence-electron chi connectivity index (χ1n) is 12.1. The second-order valence-corrected chi connectivity index (χ2v) is 9.68. The molecule has 7 nitrogen and oxygen atoms in total. The number of allylic oxidation sites excluding steroid dienone is 1. The van der Waals surface area contributed by atoms with Gasteiger partial charge >= 0.3 is 5.97 Å². The highest BCUT2D eigenvalue weighted by molar-refractivity contribution is 7.07. The molecular weight excluding hydrogens is 488 g/mol. The van der Waals surface area contributed by atoms with Gasteiger partial charge in [-0.05, 0) is 57.5 Å². The number of benzene rings is 2. The molecule has 37 heavy (non-hydrogen) atoms.